The topological polar surface area (TPSA) is 61.6 Å². The zero-order valence-electron chi connectivity index (χ0n) is 9.81. The van der Waals surface area contributed by atoms with Crippen LogP contribution in [0.3, 0.4) is 0 Å². The maximum atomic E-state index is 10.7. The average molecular weight is 415 g/mol. The summed E-state index contributed by atoms with van der Waals surface area (Å²) in [5, 5.41) is 10.7. The molecule has 3 atom stereocenters. The Bertz CT molecular complexity index is 490. The Kier molecular flexibility index (Phi) is 4.70. The van der Waals surface area contributed by atoms with Crippen molar-refractivity contribution >= 4 is 49.1 Å². The van der Waals surface area contributed by atoms with Crippen LogP contribution < -0.4 is 4.74 Å². The summed E-state index contributed by atoms with van der Waals surface area (Å²) in [7, 11) is 1.58. The van der Waals surface area contributed by atoms with Crippen LogP contribution in [0.25, 0.3) is 0 Å². The molecule has 0 aliphatic heterocycles. The molecule has 0 amide bonds. The average Bonchev–Trinajstić information content (AvgIpc) is 2.32. The highest BCUT2D eigenvalue weighted by Crippen LogP contribution is 2.41. The number of hydrogen-bond donors (Lipinski definition) is 0. The number of halogens is 3. The Hall–Kier alpha value is -0.370. The molecule has 0 N–H and O–H groups in total. The van der Waals surface area contributed by atoms with E-state index in [0.717, 1.165) is 0 Å². The zero-order valence-corrected chi connectivity index (χ0v) is 13.7. The van der Waals surface area contributed by atoms with Gasteiger partial charge in [-0.3, -0.25) is 10.1 Å². The highest BCUT2D eigenvalue weighted by molar-refractivity contribution is 9.11. The van der Waals surface area contributed by atoms with Crippen LogP contribution in [-0.2, 0) is 4.74 Å². The number of rotatable bonds is 4. The molecule has 104 valence electrons. The van der Waals surface area contributed by atoms with Gasteiger partial charge in [-0.1, -0.05) is 0 Å². The van der Waals surface area contributed by atoms with E-state index in [4.69, 9.17) is 21.1 Å². The van der Waals surface area contributed by atoms with Crippen LogP contribution in [0.1, 0.15) is 6.42 Å². The van der Waals surface area contributed by atoms with Gasteiger partial charge < -0.3 is 9.47 Å². The quantitative estimate of drug-likeness (QED) is 0.425. The maximum absolute atomic E-state index is 10.7. The molecule has 1 aromatic carbocycles. The Morgan fingerprint density at radius 2 is 2.00 bits per heavy atom. The Morgan fingerprint density at radius 3 is 2.42 bits per heavy atom. The highest BCUT2D eigenvalue weighted by atomic mass is 79.9. The van der Waals surface area contributed by atoms with Gasteiger partial charge in [-0.05, 0) is 31.9 Å². The fourth-order valence-electron chi connectivity index (χ4n) is 1.86. The SMILES string of the molecule is COC1C(Cl)CC1Oc1c(Br)cc([N+](=O)[O-])cc1Br. The van der Waals surface area contributed by atoms with Gasteiger partial charge in [0.15, 0.2) is 0 Å². The zero-order chi connectivity index (χ0) is 14.2. The van der Waals surface area contributed by atoms with Gasteiger partial charge in [-0.25, -0.2) is 0 Å². The molecule has 0 heterocycles. The first-order chi connectivity index (χ1) is 8.93. The number of ether oxygens (including phenoxy) is 2. The summed E-state index contributed by atoms with van der Waals surface area (Å²) in [6.45, 7) is 0. The molecule has 0 spiro atoms. The predicted octanol–water partition coefficient (Wildman–Crippen LogP) is 3.89. The molecule has 0 aromatic heterocycles. The predicted molar refractivity (Wildman–Crippen MR) is 78.0 cm³/mol. The van der Waals surface area contributed by atoms with E-state index in [1.54, 1.807) is 7.11 Å². The first kappa shape index (κ1) is 15.0. The molecule has 3 unspecified atom stereocenters. The van der Waals surface area contributed by atoms with E-state index in [1.807, 2.05) is 0 Å². The van der Waals surface area contributed by atoms with Crippen LogP contribution in [0, 0.1) is 10.1 Å². The van der Waals surface area contributed by atoms with Crippen molar-refractivity contribution in [3.05, 3.63) is 31.2 Å². The van der Waals surface area contributed by atoms with Crippen molar-refractivity contribution in [3.8, 4) is 5.75 Å². The van der Waals surface area contributed by atoms with Crippen LogP contribution in [0.5, 0.6) is 5.75 Å². The number of benzene rings is 1. The van der Waals surface area contributed by atoms with Gasteiger partial charge in [0, 0.05) is 25.7 Å². The molecular formula is C11H10Br2ClNO4. The van der Waals surface area contributed by atoms with Crippen LogP contribution in [-0.4, -0.2) is 29.6 Å². The van der Waals surface area contributed by atoms with Crippen LogP contribution in [0.4, 0.5) is 5.69 Å². The van der Waals surface area contributed by atoms with Crippen LogP contribution >= 0.6 is 43.5 Å². The fourth-order valence-corrected chi connectivity index (χ4v) is 3.65. The van der Waals surface area contributed by atoms with E-state index in [1.165, 1.54) is 12.1 Å². The highest BCUT2D eigenvalue weighted by Gasteiger charge is 2.42. The van der Waals surface area contributed by atoms with Gasteiger partial charge in [-0.2, -0.15) is 0 Å². The smallest absolute Gasteiger partial charge is 0.271 e. The molecule has 1 aromatic rings. The number of nitro benzene ring substituents is 1. The fraction of sp³-hybridized carbons (Fsp3) is 0.455. The lowest BCUT2D eigenvalue weighted by molar-refractivity contribution is -0.385. The molecular weight excluding hydrogens is 405 g/mol. The van der Waals surface area contributed by atoms with Crippen molar-refractivity contribution < 1.29 is 14.4 Å². The van der Waals surface area contributed by atoms with E-state index in [2.05, 4.69) is 31.9 Å². The van der Waals surface area contributed by atoms with Crippen molar-refractivity contribution in [3.63, 3.8) is 0 Å². The second-order valence-corrected chi connectivity index (χ2v) is 6.37. The summed E-state index contributed by atoms with van der Waals surface area (Å²) in [6.07, 6.45) is 0.354. The third-order valence-electron chi connectivity index (χ3n) is 2.92. The van der Waals surface area contributed by atoms with Gasteiger partial charge in [-0.15, -0.1) is 11.6 Å². The summed E-state index contributed by atoms with van der Waals surface area (Å²) in [5.41, 5.74) is -0.0155. The summed E-state index contributed by atoms with van der Waals surface area (Å²) < 4.78 is 12.1. The van der Waals surface area contributed by atoms with Crippen LogP contribution in [0.15, 0.2) is 21.1 Å². The first-order valence-corrected chi connectivity index (χ1v) is 7.43. The molecule has 1 saturated carbocycles. The Labute approximate surface area is 131 Å². The maximum Gasteiger partial charge on any atom is 0.271 e. The van der Waals surface area contributed by atoms with Gasteiger partial charge >= 0.3 is 0 Å². The number of non-ortho nitro benzene ring substituents is 1. The third-order valence-corrected chi connectivity index (χ3v) is 4.52. The number of alkyl halides is 1. The van der Waals surface area contributed by atoms with E-state index in [9.17, 15) is 10.1 Å². The largest absolute Gasteiger partial charge is 0.485 e. The first-order valence-electron chi connectivity index (χ1n) is 5.41. The van der Waals surface area contributed by atoms with E-state index in [0.29, 0.717) is 21.1 Å². The van der Waals surface area contributed by atoms with Gasteiger partial charge in [0.2, 0.25) is 0 Å². The second kappa shape index (κ2) is 5.95. The Balaban J connectivity index is 2.20. The number of hydrogen-bond acceptors (Lipinski definition) is 4. The van der Waals surface area contributed by atoms with Gasteiger partial charge in [0.1, 0.15) is 18.0 Å². The van der Waals surface area contributed by atoms with Gasteiger partial charge in [0.05, 0.1) is 19.2 Å². The lowest BCUT2D eigenvalue weighted by Crippen LogP contribution is -2.52. The van der Waals surface area contributed by atoms with Crippen molar-refractivity contribution in [1.82, 2.24) is 0 Å². The molecule has 0 saturated heterocycles. The molecule has 1 fully saturated rings. The standard InChI is InChI=1S/C11H10Br2ClNO4/c1-18-11-8(14)4-9(11)19-10-6(12)2-5(15(16)17)3-7(10)13/h2-3,8-9,11H,4H2,1H3. The van der Waals surface area contributed by atoms with Crippen molar-refractivity contribution in [1.29, 1.82) is 0 Å². The van der Waals surface area contributed by atoms with E-state index in [-0.39, 0.29) is 23.3 Å². The minimum Gasteiger partial charge on any atom is -0.485 e. The van der Waals surface area contributed by atoms with Crippen molar-refractivity contribution in [2.45, 2.75) is 24.0 Å². The lowest BCUT2D eigenvalue weighted by Gasteiger charge is -2.40. The molecule has 8 heteroatoms. The number of nitrogens with zero attached hydrogens (tertiary/aromatic N) is 1. The third kappa shape index (κ3) is 3.04. The number of nitro groups is 1. The summed E-state index contributed by atoms with van der Waals surface area (Å²) in [5.74, 6) is 0.515. The lowest BCUT2D eigenvalue weighted by atomic mass is 9.91. The minimum absolute atomic E-state index is 0.0155. The number of methoxy groups -OCH3 is 1. The van der Waals surface area contributed by atoms with Crippen LogP contribution in [0.2, 0.25) is 0 Å². The summed E-state index contributed by atoms with van der Waals surface area (Å²) in [4.78, 5) is 10.3. The minimum atomic E-state index is -0.463. The summed E-state index contributed by atoms with van der Waals surface area (Å²) in [6, 6.07) is 2.80. The summed E-state index contributed by atoms with van der Waals surface area (Å²) >= 11 is 12.5. The van der Waals surface area contributed by atoms with E-state index >= 15 is 0 Å². The van der Waals surface area contributed by atoms with E-state index < -0.39 is 4.92 Å². The molecule has 2 rings (SSSR count). The van der Waals surface area contributed by atoms with Crippen molar-refractivity contribution in [2.75, 3.05) is 7.11 Å². The molecule has 0 bridgehead atoms. The molecule has 0 radical (unpaired) electrons. The molecule has 19 heavy (non-hydrogen) atoms. The van der Waals surface area contributed by atoms with Crippen molar-refractivity contribution in [2.24, 2.45) is 0 Å². The monoisotopic (exact) mass is 413 g/mol. The molecule has 1 aliphatic carbocycles. The molecule has 1 aliphatic rings. The Morgan fingerprint density at radius 1 is 1.42 bits per heavy atom. The van der Waals surface area contributed by atoms with Gasteiger partial charge in [0.25, 0.3) is 5.69 Å². The molecule has 5 nitrogen and oxygen atoms in total. The second-order valence-electron chi connectivity index (χ2n) is 4.10. The normalized spacial score (nSPS) is 25.8.